The van der Waals surface area contributed by atoms with Crippen molar-refractivity contribution in [3.63, 3.8) is 0 Å². The van der Waals surface area contributed by atoms with Crippen molar-refractivity contribution in [1.29, 1.82) is 0 Å². The van der Waals surface area contributed by atoms with Gasteiger partial charge in [0.15, 0.2) is 0 Å². The van der Waals surface area contributed by atoms with Gasteiger partial charge >= 0.3 is 5.97 Å². The molecule has 0 amide bonds. The molecule has 0 saturated heterocycles. The fourth-order valence-corrected chi connectivity index (χ4v) is 1.84. The van der Waals surface area contributed by atoms with Gasteiger partial charge in [0.2, 0.25) is 5.16 Å². The molecule has 7 nitrogen and oxygen atoms in total. The zero-order valence-corrected chi connectivity index (χ0v) is 9.85. The van der Waals surface area contributed by atoms with Gasteiger partial charge in [-0.25, -0.2) is 4.68 Å². The molecule has 2 rings (SSSR count). The third-order valence-corrected chi connectivity index (χ3v) is 2.87. The maximum Gasteiger partial charge on any atom is 0.313 e. The Kier molecular flexibility index (Phi) is 3.43. The van der Waals surface area contributed by atoms with E-state index in [0.29, 0.717) is 11.7 Å². The molecular formula is C9H10N4O3S. The zero-order chi connectivity index (χ0) is 12.3. The Bertz CT molecular complexity index is 522. The average molecular weight is 254 g/mol. The number of hydrogen-bond acceptors (Lipinski definition) is 6. The standard InChI is InChI=1S/C9H10N4O3S/c1-6-2-3-7(16-6)4-13-9(10-11-12-13)17-5-8(14)15/h2-3H,4-5H2,1H3,(H,14,15). The van der Waals surface area contributed by atoms with E-state index >= 15 is 0 Å². The number of carboxylic acids is 1. The minimum Gasteiger partial charge on any atom is -0.481 e. The number of aromatic nitrogens is 4. The first-order valence-corrected chi connectivity index (χ1v) is 5.80. The lowest BCUT2D eigenvalue weighted by Crippen LogP contribution is -2.05. The van der Waals surface area contributed by atoms with Gasteiger partial charge in [-0.2, -0.15) is 0 Å². The van der Waals surface area contributed by atoms with E-state index in [1.807, 2.05) is 19.1 Å². The molecule has 0 atom stereocenters. The van der Waals surface area contributed by atoms with Crippen molar-refractivity contribution in [2.24, 2.45) is 0 Å². The molecule has 90 valence electrons. The van der Waals surface area contributed by atoms with Crippen molar-refractivity contribution in [3.8, 4) is 0 Å². The van der Waals surface area contributed by atoms with Crippen molar-refractivity contribution in [1.82, 2.24) is 20.2 Å². The average Bonchev–Trinajstić information content (AvgIpc) is 2.86. The van der Waals surface area contributed by atoms with Crippen molar-refractivity contribution in [3.05, 3.63) is 23.7 Å². The van der Waals surface area contributed by atoms with Crippen LogP contribution in [0.4, 0.5) is 0 Å². The fraction of sp³-hybridized carbons (Fsp3) is 0.333. The summed E-state index contributed by atoms with van der Waals surface area (Å²) in [7, 11) is 0. The van der Waals surface area contributed by atoms with Gasteiger partial charge in [0, 0.05) is 0 Å². The maximum absolute atomic E-state index is 10.5. The third-order valence-electron chi connectivity index (χ3n) is 1.93. The predicted molar refractivity (Wildman–Crippen MR) is 58.7 cm³/mol. The Hall–Kier alpha value is -1.83. The van der Waals surface area contributed by atoms with E-state index < -0.39 is 5.97 Å². The van der Waals surface area contributed by atoms with Crippen LogP contribution in [-0.4, -0.2) is 37.0 Å². The SMILES string of the molecule is Cc1ccc(Cn2nnnc2SCC(=O)O)o1. The molecule has 0 aromatic carbocycles. The van der Waals surface area contributed by atoms with Crippen LogP contribution in [0, 0.1) is 6.92 Å². The number of nitrogens with zero attached hydrogens (tertiary/aromatic N) is 4. The molecule has 0 spiro atoms. The number of aryl methyl sites for hydroxylation is 1. The van der Waals surface area contributed by atoms with Crippen LogP contribution in [0.25, 0.3) is 0 Å². The van der Waals surface area contributed by atoms with Gasteiger partial charge < -0.3 is 9.52 Å². The number of carbonyl (C=O) groups is 1. The first-order valence-electron chi connectivity index (χ1n) is 4.81. The summed E-state index contributed by atoms with van der Waals surface area (Å²) in [4.78, 5) is 10.5. The number of thioether (sulfide) groups is 1. The summed E-state index contributed by atoms with van der Waals surface area (Å²) >= 11 is 1.07. The highest BCUT2D eigenvalue weighted by Gasteiger charge is 2.10. The molecule has 0 aliphatic rings. The molecule has 0 unspecified atom stereocenters. The van der Waals surface area contributed by atoms with Gasteiger partial charge in [-0.3, -0.25) is 4.79 Å². The molecule has 2 aromatic heterocycles. The lowest BCUT2D eigenvalue weighted by Gasteiger charge is -2.00. The fourth-order valence-electron chi connectivity index (χ4n) is 1.24. The van der Waals surface area contributed by atoms with Crippen molar-refractivity contribution < 1.29 is 14.3 Å². The summed E-state index contributed by atoms with van der Waals surface area (Å²) in [5, 5.41) is 20.1. The van der Waals surface area contributed by atoms with E-state index in [2.05, 4.69) is 15.5 Å². The Morgan fingerprint density at radius 1 is 1.59 bits per heavy atom. The first-order chi connectivity index (χ1) is 8.15. The normalized spacial score (nSPS) is 10.6. The summed E-state index contributed by atoms with van der Waals surface area (Å²) < 4.78 is 6.90. The predicted octanol–water partition coefficient (Wildman–Crippen LogP) is 0.800. The van der Waals surface area contributed by atoms with E-state index in [0.717, 1.165) is 23.3 Å². The van der Waals surface area contributed by atoms with Crippen LogP contribution in [0.5, 0.6) is 0 Å². The molecule has 2 aromatic rings. The molecule has 0 saturated carbocycles. The van der Waals surface area contributed by atoms with Crippen LogP contribution in [-0.2, 0) is 11.3 Å². The minimum atomic E-state index is -0.904. The van der Waals surface area contributed by atoms with Gasteiger partial charge in [0.05, 0.1) is 5.75 Å². The number of aliphatic carboxylic acids is 1. The minimum absolute atomic E-state index is 0.0719. The first kappa shape index (κ1) is 11.6. The van der Waals surface area contributed by atoms with Crippen LogP contribution < -0.4 is 0 Å². The second-order valence-electron chi connectivity index (χ2n) is 3.31. The third kappa shape index (κ3) is 3.06. The molecule has 17 heavy (non-hydrogen) atoms. The number of furan rings is 1. The van der Waals surface area contributed by atoms with Gasteiger partial charge in [0.1, 0.15) is 18.1 Å². The second-order valence-corrected chi connectivity index (χ2v) is 4.26. The zero-order valence-electron chi connectivity index (χ0n) is 9.03. The Balaban J connectivity index is 2.06. The van der Waals surface area contributed by atoms with E-state index in [1.165, 1.54) is 4.68 Å². The second kappa shape index (κ2) is 5.00. The molecule has 0 radical (unpaired) electrons. The number of carboxylic acid groups (broad SMARTS) is 1. The molecule has 0 aliphatic heterocycles. The monoisotopic (exact) mass is 254 g/mol. The van der Waals surface area contributed by atoms with Gasteiger partial charge in [-0.15, -0.1) is 5.10 Å². The molecule has 0 aliphatic carbocycles. The topological polar surface area (TPSA) is 94.0 Å². The number of hydrogen-bond donors (Lipinski definition) is 1. The maximum atomic E-state index is 10.5. The summed E-state index contributed by atoms with van der Waals surface area (Å²) in [6.45, 7) is 2.24. The van der Waals surface area contributed by atoms with Gasteiger partial charge in [0.25, 0.3) is 0 Å². The van der Waals surface area contributed by atoms with E-state index in [-0.39, 0.29) is 5.75 Å². The lowest BCUT2D eigenvalue weighted by atomic mass is 10.4. The van der Waals surface area contributed by atoms with E-state index in [9.17, 15) is 4.79 Å². The molecule has 0 bridgehead atoms. The van der Waals surface area contributed by atoms with Gasteiger partial charge in [-0.05, 0) is 29.5 Å². The summed E-state index contributed by atoms with van der Waals surface area (Å²) in [6, 6.07) is 3.69. The lowest BCUT2D eigenvalue weighted by molar-refractivity contribution is -0.133. The molecular weight excluding hydrogens is 244 g/mol. The summed E-state index contributed by atoms with van der Waals surface area (Å²) in [5.41, 5.74) is 0. The number of tetrazole rings is 1. The Labute approximate surface area is 101 Å². The summed E-state index contributed by atoms with van der Waals surface area (Å²) in [5.74, 6) is 0.565. The number of rotatable bonds is 5. The van der Waals surface area contributed by atoms with E-state index in [4.69, 9.17) is 9.52 Å². The van der Waals surface area contributed by atoms with Crippen LogP contribution in [0.2, 0.25) is 0 Å². The highest BCUT2D eigenvalue weighted by Crippen LogP contribution is 2.15. The Morgan fingerprint density at radius 3 is 3.06 bits per heavy atom. The quantitative estimate of drug-likeness (QED) is 0.788. The van der Waals surface area contributed by atoms with Crippen molar-refractivity contribution in [2.45, 2.75) is 18.6 Å². The molecule has 0 fully saturated rings. The highest BCUT2D eigenvalue weighted by molar-refractivity contribution is 7.99. The van der Waals surface area contributed by atoms with Crippen LogP contribution >= 0.6 is 11.8 Å². The van der Waals surface area contributed by atoms with Crippen molar-refractivity contribution in [2.75, 3.05) is 5.75 Å². The van der Waals surface area contributed by atoms with Crippen LogP contribution in [0.15, 0.2) is 21.7 Å². The molecule has 1 N–H and O–H groups in total. The van der Waals surface area contributed by atoms with Crippen LogP contribution in [0.1, 0.15) is 11.5 Å². The van der Waals surface area contributed by atoms with Gasteiger partial charge in [-0.1, -0.05) is 11.8 Å². The van der Waals surface area contributed by atoms with Crippen LogP contribution in [0.3, 0.4) is 0 Å². The largest absolute Gasteiger partial charge is 0.481 e. The molecule has 2 heterocycles. The van der Waals surface area contributed by atoms with Crippen molar-refractivity contribution >= 4 is 17.7 Å². The Morgan fingerprint density at radius 2 is 2.41 bits per heavy atom. The smallest absolute Gasteiger partial charge is 0.313 e. The van der Waals surface area contributed by atoms with E-state index in [1.54, 1.807) is 0 Å². The highest BCUT2D eigenvalue weighted by atomic mass is 32.2. The molecule has 8 heteroatoms. The summed E-state index contributed by atoms with van der Waals surface area (Å²) in [6.07, 6.45) is 0.